The molecule has 0 saturated heterocycles. The molecule has 104 valence electrons. The van der Waals surface area contributed by atoms with Crippen LogP contribution in [0.1, 0.15) is 37.3 Å². The molecule has 0 amide bonds. The predicted octanol–water partition coefficient (Wildman–Crippen LogP) is 3.81. The van der Waals surface area contributed by atoms with Crippen molar-refractivity contribution in [2.75, 3.05) is 0 Å². The van der Waals surface area contributed by atoms with Crippen LogP contribution in [0.25, 0.3) is 0 Å². The second kappa shape index (κ2) is 5.72. The number of benzene rings is 1. The van der Waals surface area contributed by atoms with E-state index in [1.807, 2.05) is 6.92 Å². The van der Waals surface area contributed by atoms with Crippen LogP contribution in [0.15, 0.2) is 18.2 Å². The van der Waals surface area contributed by atoms with Crippen LogP contribution in [-0.2, 0) is 11.2 Å². The standard InChI is InChI=1S/C16H21FO2/c1-10-3-6-15(16(18)19)13(7-10)8-12-9-14(17)5-4-11(12)2/h4-5,9-10,13,15H,3,6-8H2,1-2H3,(H,18,19). The highest BCUT2D eigenvalue weighted by Gasteiger charge is 2.33. The van der Waals surface area contributed by atoms with E-state index < -0.39 is 5.97 Å². The van der Waals surface area contributed by atoms with Gasteiger partial charge in [-0.2, -0.15) is 0 Å². The third kappa shape index (κ3) is 3.34. The van der Waals surface area contributed by atoms with Gasteiger partial charge < -0.3 is 5.11 Å². The Morgan fingerprint density at radius 1 is 1.42 bits per heavy atom. The van der Waals surface area contributed by atoms with Crippen LogP contribution in [0.4, 0.5) is 4.39 Å². The third-order valence-corrected chi connectivity index (χ3v) is 4.36. The topological polar surface area (TPSA) is 37.3 Å². The Hall–Kier alpha value is -1.38. The maximum absolute atomic E-state index is 13.3. The van der Waals surface area contributed by atoms with E-state index in [9.17, 15) is 14.3 Å². The zero-order valence-corrected chi connectivity index (χ0v) is 11.5. The number of hydrogen-bond acceptors (Lipinski definition) is 1. The Balaban J connectivity index is 2.18. The Morgan fingerprint density at radius 2 is 2.16 bits per heavy atom. The summed E-state index contributed by atoms with van der Waals surface area (Å²) in [7, 11) is 0. The number of carbonyl (C=O) groups is 1. The van der Waals surface area contributed by atoms with E-state index in [2.05, 4.69) is 6.92 Å². The second-order valence-corrected chi connectivity index (χ2v) is 5.90. The fourth-order valence-corrected chi connectivity index (χ4v) is 3.19. The zero-order chi connectivity index (χ0) is 14.0. The van der Waals surface area contributed by atoms with E-state index in [4.69, 9.17) is 0 Å². The summed E-state index contributed by atoms with van der Waals surface area (Å²) in [5.74, 6) is -0.530. The molecule has 1 aliphatic rings. The second-order valence-electron chi connectivity index (χ2n) is 5.90. The minimum atomic E-state index is -0.703. The van der Waals surface area contributed by atoms with Crippen LogP contribution in [0.5, 0.6) is 0 Å². The first-order chi connectivity index (χ1) is 8.97. The van der Waals surface area contributed by atoms with Crippen molar-refractivity contribution in [3.8, 4) is 0 Å². The van der Waals surface area contributed by atoms with Crippen LogP contribution >= 0.6 is 0 Å². The van der Waals surface area contributed by atoms with Gasteiger partial charge in [0.1, 0.15) is 5.82 Å². The maximum atomic E-state index is 13.3. The van der Waals surface area contributed by atoms with Crippen LogP contribution < -0.4 is 0 Å². The summed E-state index contributed by atoms with van der Waals surface area (Å²) in [5, 5.41) is 9.32. The molecule has 1 fully saturated rings. The van der Waals surface area contributed by atoms with Gasteiger partial charge in [-0.1, -0.05) is 13.0 Å². The molecule has 1 saturated carbocycles. The Morgan fingerprint density at radius 3 is 2.84 bits per heavy atom. The molecule has 1 aromatic carbocycles. The number of aliphatic carboxylic acids is 1. The van der Waals surface area contributed by atoms with Gasteiger partial charge >= 0.3 is 5.97 Å². The normalized spacial score (nSPS) is 27.2. The fraction of sp³-hybridized carbons (Fsp3) is 0.562. The highest BCUT2D eigenvalue weighted by Crippen LogP contribution is 2.36. The first-order valence-electron chi connectivity index (χ1n) is 6.95. The maximum Gasteiger partial charge on any atom is 0.306 e. The molecule has 1 N–H and O–H groups in total. The minimum Gasteiger partial charge on any atom is -0.481 e. The molecule has 0 aliphatic heterocycles. The number of carboxylic acid groups (broad SMARTS) is 1. The first kappa shape index (κ1) is 14.0. The lowest BCUT2D eigenvalue weighted by molar-refractivity contribution is -0.145. The summed E-state index contributed by atoms with van der Waals surface area (Å²) in [6, 6.07) is 4.78. The Bertz CT molecular complexity index is 470. The lowest BCUT2D eigenvalue weighted by atomic mass is 9.72. The van der Waals surface area contributed by atoms with Gasteiger partial charge in [0.25, 0.3) is 0 Å². The summed E-state index contributed by atoms with van der Waals surface area (Å²) in [4.78, 5) is 11.3. The van der Waals surface area contributed by atoms with Gasteiger partial charge in [-0.3, -0.25) is 4.79 Å². The lowest BCUT2D eigenvalue weighted by Crippen LogP contribution is -2.31. The predicted molar refractivity (Wildman–Crippen MR) is 72.5 cm³/mol. The van der Waals surface area contributed by atoms with Crippen molar-refractivity contribution in [3.63, 3.8) is 0 Å². The summed E-state index contributed by atoms with van der Waals surface area (Å²) in [6.45, 7) is 4.13. The summed E-state index contributed by atoms with van der Waals surface area (Å²) < 4.78 is 13.3. The molecular formula is C16H21FO2. The molecule has 2 nitrogen and oxygen atoms in total. The first-order valence-corrected chi connectivity index (χ1v) is 6.95. The van der Waals surface area contributed by atoms with Gasteiger partial charge in [0.2, 0.25) is 0 Å². The van der Waals surface area contributed by atoms with E-state index in [0.29, 0.717) is 12.3 Å². The fourth-order valence-electron chi connectivity index (χ4n) is 3.19. The summed E-state index contributed by atoms with van der Waals surface area (Å²) in [5.41, 5.74) is 1.99. The number of aryl methyl sites for hydroxylation is 1. The molecule has 3 unspecified atom stereocenters. The van der Waals surface area contributed by atoms with Gasteiger partial charge in [-0.25, -0.2) is 4.39 Å². The van der Waals surface area contributed by atoms with Crippen molar-refractivity contribution < 1.29 is 14.3 Å². The molecule has 0 heterocycles. The van der Waals surface area contributed by atoms with E-state index in [0.717, 1.165) is 30.4 Å². The van der Waals surface area contributed by atoms with E-state index in [1.54, 1.807) is 12.1 Å². The average molecular weight is 264 g/mol. The van der Waals surface area contributed by atoms with Gasteiger partial charge in [-0.05, 0) is 67.7 Å². The van der Waals surface area contributed by atoms with Crippen molar-refractivity contribution in [3.05, 3.63) is 35.1 Å². The molecule has 0 radical (unpaired) electrons. The van der Waals surface area contributed by atoms with Crippen molar-refractivity contribution in [2.45, 2.75) is 39.5 Å². The largest absolute Gasteiger partial charge is 0.481 e. The van der Waals surface area contributed by atoms with Crippen LogP contribution in [-0.4, -0.2) is 11.1 Å². The van der Waals surface area contributed by atoms with Gasteiger partial charge in [0.05, 0.1) is 5.92 Å². The number of hydrogen-bond donors (Lipinski definition) is 1. The van der Waals surface area contributed by atoms with Crippen molar-refractivity contribution in [1.82, 2.24) is 0 Å². The Labute approximate surface area is 113 Å². The Kier molecular flexibility index (Phi) is 4.23. The zero-order valence-electron chi connectivity index (χ0n) is 11.5. The quantitative estimate of drug-likeness (QED) is 0.901. The van der Waals surface area contributed by atoms with Crippen LogP contribution in [0.2, 0.25) is 0 Å². The molecule has 0 spiro atoms. The third-order valence-electron chi connectivity index (χ3n) is 4.36. The molecule has 2 rings (SSSR count). The smallest absolute Gasteiger partial charge is 0.306 e. The number of rotatable bonds is 3. The molecule has 19 heavy (non-hydrogen) atoms. The van der Waals surface area contributed by atoms with Crippen molar-refractivity contribution in [2.24, 2.45) is 17.8 Å². The van der Waals surface area contributed by atoms with E-state index in [1.165, 1.54) is 6.07 Å². The lowest BCUT2D eigenvalue weighted by Gasteiger charge is -2.32. The highest BCUT2D eigenvalue weighted by molar-refractivity contribution is 5.70. The molecule has 0 aromatic heterocycles. The molecule has 3 heteroatoms. The molecule has 1 aliphatic carbocycles. The monoisotopic (exact) mass is 264 g/mol. The summed E-state index contributed by atoms with van der Waals surface area (Å²) >= 11 is 0. The summed E-state index contributed by atoms with van der Waals surface area (Å²) in [6.07, 6.45) is 3.32. The molecule has 1 aromatic rings. The number of halogens is 1. The SMILES string of the molecule is Cc1ccc(F)cc1CC1CC(C)CCC1C(=O)O. The van der Waals surface area contributed by atoms with Crippen molar-refractivity contribution in [1.29, 1.82) is 0 Å². The minimum absolute atomic E-state index is 0.127. The van der Waals surface area contributed by atoms with Gasteiger partial charge in [0, 0.05) is 0 Å². The molecule has 0 bridgehead atoms. The van der Waals surface area contributed by atoms with Crippen LogP contribution in [0, 0.1) is 30.5 Å². The highest BCUT2D eigenvalue weighted by atomic mass is 19.1. The van der Waals surface area contributed by atoms with E-state index >= 15 is 0 Å². The molecular weight excluding hydrogens is 243 g/mol. The van der Waals surface area contributed by atoms with Crippen molar-refractivity contribution >= 4 is 5.97 Å². The van der Waals surface area contributed by atoms with E-state index in [-0.39, 0.29) is 17.7 Å². The molecule has 3 atom stereocenters. The average Bonchev–Trinajstić information content (AvgIpc) is 2.33. The van der Waals surface area contributed by atoms with Gasteiger partial charge in [0.15, 0.2) is 0 Å². The van der Waals surface area contributed by atoms with Crippen LogP contribution in [0.3, 0.4) is 0 Å². The number of carboxylic acids is 1. The van der Waals surface area contributed by atoms with Gasteiger partial charge in [-0.15, -0.1) is 0 Å².